The minimum Gasteiger partial charge on any atom is -0.478 e. The molecule has 3 N–H and O–H groups in total. The summed E-state index contributed by atoms with van der Waals surface area (Å²) in [6.45, 7) is 4.22. The molecular formula is C19H22N2O4S. The third-order valence-electron chi connectivity index (χ3n) is 4.60. The molecule has 0 aromatic heterocycles. The first-order chi connectivity index (χ1) is 12.0. The minimum absolute atomic E-state index is 0.0352. The highest BCUT2D eigenvalue weighted by molar-refractivity contribution is 7.92. The molecule has 1 aliphatic rings. The maximum atomic E-state index is 11.5. The van der Waals surface area contributed by atoms with Crippen molar-refractivity contribution in [1.82, 2.24) is 0 Å². The number of hydrogen-bond donors (Lipinski definition) is 3. The molecule has 0 bridgehead atoms. The Morgan fingerprint density at radius 2 is 1.96 bits per heavy atom. The Morgan fingerprint density at radius 3 is 2.62 bits per heavy atom. The molecule has 0 saturated carbocycles. The van der Waals surface area contributed by atoms with Crippen molar-refractivity contribution in [3.8, 4) is 0 Å². The highest BCUT2D eigenvalue weighted by Crippen LogP contribution is 2.45. The molecule has 0 saturated heterocycles. The fourth-order valence-electron chi connectivity index (χ4n) is 3.49. The molecule has 0 amide bonds. The molecule has 26 heavy (non-hydrogen) atoms. The minimum atomic E-state index is -3.34. The molecule has 0 aliphatic carbocycles. The Balaban J connectivity index is 1.96. The van der Waals surface area contributed by atoms with Crippen LogP contribution in [0.3, 0.4) is 0 Å². The average Bonchev–Trinajstić information content (AvgIpc) is 2.51. The largest absolute Gasteiger partial charge is 0.478 e. The summed E-state index contributed by atoms with van der Waals surface area (Å²) in [5.41, 5.74) is 3.45. The molecule has 0 fully saturated rings. The van der Waals surface area contributed by atoms with Gasteiger partial charge in [0.25, 0.3) is 0 Å². The molecule has 1 unspecified atom stereocenters. The van der Waals surface area contributed by atoms with Gasteiger partial charge in [0, 0.05) is 11.4 Å². The van der Waals surface area contributed by atoms with E-state index in [4.69, 9.17) is 0 Å². The number of carboxylic acid groups (broad SMARTS) is 1. The van der Waals surface area contributed by atoms with E-state index in [1.807, 2.05) is 18.2 Å². The van der Waals surface area contributed by atoms with Crippen LogP contribution in [0.5, 0.6) is 0 Å². The zero-order chi connectivity index (χ0) is 19.1. The summed E-state index contributed by atoms with van der Waals surface area (Å²) in [6, 6.07) is 12.4. The van der Waals surface area contributed by atoms with E-state index < -0.39 is 16.0 Å². The van der Waals surface area contributed by atoms with Crippen LogP contribution in [0, 0.1) is 5.41 Å². The lowest BCUT2D eigenvalue weighted by molar-refractivity contribution is 0.0696. The summed E-state index contributed by atoms with van der Waals surface area (Å²) < 4.78 is 25.5. The second-order valence-corrected chi connectivity index (χ2v) is 9.17. The van der Waals surface area contributed by atoms with E-state index in [0.29, 0.717) is 12.1 Å². The number of benzene rings is 2. The van der Waals surface area contributed by atoms with Gasteiger partial charge in [-0.3, -0.25) is 4.72 Å². The molecule has 3 rings (SSSR count). The number of hydrogen-bond acceptors (Lipinski definition) is 4. The molecule has 6 nitrogen and oxygen atoms in total. The molecule has 0 spiro atoms. The maximum absolute atomic E-state index is 11.5. The number of carbonyl (C=O) groups is 1. The van der Waals surface area contributed by atoms with Crippen LogP contribution in [-0.2, 0) is 16.4 Å². The number of sulfonamides is 1. The Labute approximate surface area is 153 Å². The lowest BCUT2D eigenvalue weighted by atomic mass is 9.72. The van der Waals surface area contributed by atoms with Crippen molar-refractivity contribution in [3.63, 3.8) is 0 Å². The van der Waals surface area contributed by atoms with Crippen LogP contribution in [0.4, 0.5) is 11.4 Å². The molecule has 2 aromatic carbocycles. The highest BCUT2D eigenvalue weighted by Gasteiger charge is 2.36. The summed E-state index contributed by atoms with van der Waals surface area (Å²) >= 11 is 0. The SMILES string of the molecule is CC1(C)Cc2cc(C(=O)O)ccc2NC1c1cccc(NS(C)(=O)=O)c1. The van der Waals surface area contributed by atoms with Crippen molar-refractivity contribution in [2.24, 2.45) is 5.41 Å². The Morgan fingerprint density at radius 1 is 1.23 bits per heavy atom. The molecule has 1 atom stereocenters. The fourth-order valence-corrected chi connectivity index (χ4v) is 4.04. The number of fused-ring (bicyclic) bond motifs is 1. The number of carboxylic acids is 1. The van der Waals surface area contributed by atoms with E-state index in [9.17, 15) is 18.3 Å². The quantitative estimate of drug-likeness (QED) is 0.761. The molecular weight excluding hydrogens is 352 g/mol. The van der Waals surface area contributed by atoms with E-state index in [0.717, 1.165) is 23.1 Å². The first-order valence-electron chi connectivity index (χ1n) is 8.26. The Kier molecular flexibility index (Phi) is 4.44. The van der Waals surface area contributed by atoms with Crippen molar-refractivity contribution in [2.45, 2.75) is 26.3 Å². The predicted octanol–water partition coefficient (Wildman–Crippen LogP) is 3.49. The zero-order valence-corrected chi connectivity index (χ0v) is 15.7. The Hall–Kier alpha value is -2.54. The smallest absolute Gasteiger partial charge is 0.335 e. The van der Waals surface area contributed by atoms with Gasteiger partial charge in [0.1, 0.15) is 0 Å². The third kappa shape index (κ3) is 3.83. The molecule has 1 heterocycles. The lowest BCUT2D eigenvalue weighted by Crippen LogP contribution is -2.35. The molecule has 7 heteroatoms. The van der Waals surface area contributed by atoms with Gasteiger partial charge in [-0.2, -0.15) is 0 Å². The van der Waals surface area contributed by atoms with Crippen LogP contribution in [0.1, 0.15) is 41.4 Å². The van der Waals surface area contributed by atoms with Crippen LogP contribution in [0.2, 0.25) is 0 Å². The van der Waals surface area contributed by atoms with E-state index in [2.05, 4.69) is 23.9 Å². The number of aromatic carboxylic acids is 1. The van der Waals surface area contributed by atoms with Crippen LogP contribution >= 0.6 is 0 Å². The van der Waals surface area contributed by atoms with Gasteiger partial charge in [-0.1, -0.05) is 26.0 Å². The number of nitrogens with one attached hydrogen (secondary N) is 2. The number of rotatable bonds is 4. The Bertz CT molecular complexity index is 967. The van der Waals surface area contributed by atoms with E-state index >= 15 is 0 Å². The highest BCUT2D eigenvalue weighted by atomic mass is 32.2. The van der Waals surface area contributed by atoms with Crippen molar-refractivity contribution < 1.29 is 18.3 Å². The second-order valence-electron chi connectivity index (χ2n) is 7.42. The molecule has 0 radical (unpaired) electrons. The van der Waals surface area contributed by atoms with Crippen molar-refractivity contribution in [3.05, 3.63) is 59.2 Å². The van der Waals surface area contributed by atoms with Crippen LogP contribution in [-0.4, -0.2) is 25.7 Å². The van der Waals surface area contributed by atoms with Crippen molar-refractivity contribution >= 4 is 27.4 Å². The van der Waals surface area contributed by atoms with Gasteiger partial charge in [0.15, 0.2) is 0 Å². The molecule has 138 valence electrons. The third-order valence-corrected chi connectivity index (χ3v) is 5.21. The van der Waals surface area contributed by atoms with Gasteiger partial charge < -0.3 is 10.4 Å². The maximum Gasteiger partial charge on any atom is 0.335 e. The summed E-state index contributed by atoms with van der Waals surface area (Å²) in [5.74, 6) is -0.938. The van der Waals surface area contributed by atoms with Crippen LogP contribution in [0.15, 0.2) is 42.5 Å². The topological polar surface area (TPSA) is 95.5 Å². The monoisotopic (exact) mass is 374 g/mol. The summed E-state index contributed by atoms with van der Waals surface area (Å²) in [6.07, 6.45) is 1.84. The molecule has 2 aromatic rings. The van der Waals surface area contributed by atoms with Gasteiger partial charge in [-0.15, -0.1) is 0 Å². The number of anilines is 2. The zero-order valence-electron chi connectivity index (χ0n) is 14.9. The van der Waals surface area contributed by atoms with E-state index in [1.165, 1.54) is 0 Å². The normalized spacial score (nSPS) is 18.5. The van der Waals surface area contributed by atoms with Gasteiger partial charge in [0.2, 0.25) is 10.0 Å². The summed E-state index contributed by atoms with van der Waals surface area (Å²) in [7, 11) is -3.34. The second kappa shape index (κ2) is 6.32. The van der Waals surface area contributed by atoms with E-state index in [1.54, 1.807) is 24.3 Å². The van der Waals surface area contributed by atoms with Gasteiger partial charge in [-0.25, -0.2) is 13.2 Å². The van der Waals surface area contributed by atoms with Gasteiger partial charge in [-0.05, 0) is 53.3 Å². The lowest BCUT2D eigenvalue weighted by Gasteiger charge is -2.41. The van der Waals surface area contributed by atoms with Gasteiger partial charge in [0.05, 0.1) is 17.9 Å². The summed E-state index contributed by atoms with van der Waals surface area (Å²) in [4.78, 5) is 11.2. The first-order valence-corrected chi connectivity index (χ1v) is 10.1. The van der Waals surface area contributed by atoms with Crippen molar-refractivity contribution in [1.29, 1.82) is 0 Å². The fraction of sp³-hybridized carbons (Fsp3) is 0.316. The summed E-state index contributed by atoms with van der Waals surface area (Å²) in [5, 5.41) is 12.7. The van der Waals surface area contributed by atoms with E-state index in [-0.39, 0.29) is 17.0 Å². The predicted molar refractivity (Wildman–Crippen MR) is 102 cm³/mol. The standard InChI is InChI=1S/C19H22N2O4S/c1-19(2)11-14-9-13(18(22)23)7-8-16(14)20-17(19)12-5-4-6-15(10-12)21-26(3,24)25/h4-10,17,20-21H,11H2,1-3H3,(H,22,23). The molecule has 1 aliphatic heterocycles. The van der Waals surface area contributed by atoms with Gasteiger partial charge >= 0.3 is 5.97 Å². The first kappa shape index (κ1) is 18.3. The van der Waals surface area contributed by atoms with Crippen LogP contribution < -0.4 is 10.0 Å². The van der Waals surface area contributed by atoms with Crippen molar-refractivity contribution in [2.75, 3.05) is 16.3 Å². The van der Waals surface area contributed by atoms with Crippen LogP contribution in [0.25, 0.3) is 0 Å². The average molecular weight is 374 g/mol.